The second kappa shape index (κ2) is 5.70. The number of carboxylic acid groups (broad SMARTS) is 1. The molecule has 7 nitrogen and oxygen atoms in total. The monoisotopic (exact) mass is 377 g/mol. The number of anilines is 1. The maximum absolute atomic E-state index is 11.2. The first kappa shape index (κ1) is 14.0. The second-order valence-electron chi connectivity index (χ2n) is 4.14. The molecule has 1 aromatic carbocycles. The molecule has 19 heavy (non-hydrogen) atoms. The summed E-state index contributed by atoms with van der Waals surface area (Å²) in [6.45, 7) is 1.62. The van der Waals surface area contributed by atoms with Gasteiger partial charge in [-0.25, -0.2) is 4.79 Å². The van der Waals surface area contributed by atoms with E-state index in [-0.39, 0.29) is 5.69 Å². The number of nitrogens with zero attached hydrogens (tertiary/aromatic N) is 2. The molecule has 0 saturated carbocycles. The molecule has 1 aromatic rings. The predicted molar refractivity (Wildman–Crippen MR) is 77.5 cm³/mol. The number of hydrogen-bond donors (Lipinski definition) is 2. The standard InChI is InChI=1S/C11H12IN3O4/c12-8-5-7(15(18)19)1-2-9(8)14-4-3-13-6-10(14)11(16)17/h1-2,5,10,13H,3-4,6H2,(H,16,17). The van der Waals surface area contributed by atoms with Crippen LogP contribution in [-0.4, -0.2) is 41.7 Å². The molecule has 1 aliphatic rings. The summed E-state index contributed by atoms with van der Waals surface area (Å²) < 4.78 is 0.681. The highest BCUT2D eigenvalue weighted by atomic mass is 127. The molecule has 2 rings (SSSR count). The van der Waals surface area contributed by atoms with Gasteiger partial charge < -0.3 is 15.3 Å². The molecule has 0 bridgehead atoms. The molecular weight excluding hydrogens is 365 g/mol. The van der Waals surface area contributed by atoms with E-state index in [4.69, 9.17) is 0 Å². The molecule has 2 N–H and O–H groups in total. The van der Waals surface area contributed by atoms with Crippen molar-refractivity contribution in [2.75, 3.05) is 24.5 Å². The SMILES string of the molecule is O=C(O)C1CNCCN1c1ccc([N+](=O)[O-])cc1I. The molecule has 0 aromatic heterocycles. The zero-order valence-electron chi connectivity index (χ0n) is 9.88. The molecule has 1 atom stereocenters. The van der Waals surface area contributed by atoms with Crippen LogP contribution in [0.2, 0.25) is 0 Å². The molecule has 102 valence electrons. The van der Waals surface area contributed by atoms with Crippen LogP contribution in [0.25, 0.3) is 0 Å². The van der Waals surface area contributed by atoms with Gasteiger partial charge >= 0.3 is 5.97 Å². The van der Waals surface area contributed by atoms with Gasteiger partial charge in [-0.1, -0.05) is 0 Å². The highest BCUT2D eigenvalue weighted by Gasteiger charge is 2.29. The summed E-state index contributed by atoms with van der Waals surface area (Å²) in [5.41, 5.74) is 0.732. The van der Waals surface area contributed by atoms with Crippen LogP contribution in [0, 0.1) is 13.7 Å². The Morgan fingerprint density at radius 3 is 2.89 bits per heavy atom. The van der Waals surface area contributed by atoms with Gasteiger partial charge in [0.15, 0.2) is 0 Å². The van der Waals surface area contributed by atoms with E-state index in [0.717, 1.165) is 5.69 Å². The molecule has 1 saturated heterocycles. The first-order chi connectivity index (χ1) is 9.00. The van der Waals surface area contributed by atoms with Gasteiger partial charge in [0.2, 0.25) is 0 Å². The van der Waals surface area contributed by atoms with Crippen molar-refractivity contribution in [2.45, 2.75) is 6.04 Å². The summed E-state index contributed by atoms with van der Waals surface area (Å²) in [6, 6.07) is 3.82. The Balaban J connectivity index is 2.34. The van der Waals surface area contributed by atoms with Crippen molar-refractivity contribution in [3.8, 4) is 0 Å². The van der Waals surface area contributed by atoms with Crippen LogP contribution in [0.3, 0.4) is 0 Å². The van der Waals surface area contributed by atoms with E-state index in [0.29, 0.717) is 23.2 Å². The van der Waals surface area contributed by atoms with E-state index in [1.165, 1.54) is 12.1 Å². The predicted octanol–water partition coefficient (Wildman–Crippen LogP) is 1.06. The van der Waals surface area contributed by atoms with E-state index in [9.17, 15) is 20.0 Å². The second-order valence-corrected chi connectivity index (χ2v) is 5.31. The number of non-ortho nitro benzene ring substituents is 1. The maximum Gasteiger partial charge on any atom is 0.327 e. The number of halogens is 1. The van der Waals surface area contributed by atoms with Crippen molar-refractivity contribution >= 4 is 39.9 Å². The van der Waals surface area contributed by atoms with Crippen molar-refractivity contribution in [3.63, 3.8) is 0 Å². The van der Waals surface area contributed by atoms with E-state index < -0.39 is 16.9 Å². The Labute approximate surface area is 122 Å². The van der Waals surface area contributed by atoms with Gasteiger partial charge in [0.25, 0.3) is 5.69 Å². The lowest BCUT2D eigenvalue weighted by atomic mass is 10.1. The number of aliphatic carboxylic acids is 1. The zero-order valence-corrected chi connectivity index (χ0v) is 12.0. The van der Waals surface area contributed by atoms with Crippen molar-refractivity contribution < 1.29 is 14.8 Å². The Morgan fingerprint density at radius 2 is 2.32 bits per heavy atom. The van der Waals surface area contributed by atoms with Crippen molar-refractivity contribution in [2.24, 2.45) is 0 Å². The molecule has 0 aliphatic carbocycles. The third kappa shape index (κ3) is 2.95. The number of carboxylic acids is 1. The maximum atomic E-state index is 11.2. The van der Waals surface area contributed by atoms with Crippen LogP contribution in [0.1, 0.15) is 0 Å². The topological polar surface area (TPSA) is 95.7 Å². The summed E-state index contributed by atoms with van der Waals surface area (Å²) in [5.74, 6) is -0.902. The summed E-state index contributed by atoms with van der Waals surface area (Å²) in [4.78, 5) is 23.2. The normalized spacial score (nSPS) is 19.2. The fourth-order valence-electron chi connectivity index (χ4n) is 2.06. The number of rotatable bonds is 3. The molecule has 1 aliphatic heterocycles. The number of nitrogens with one attached hydrogen (secondary N) is 1. The summed E-state index contributed by atoms with van der Waals surface area (Å²) in [5, 5.41) is 22.9. The van der Waals surface area contributed by atoms with Gasteiger partial charge in [0.1, 0.15) is 6.04 Å². The Hall–Kier alpha value is -1.42. The van der Waals surface area contributed by atoms with E-state index in [2.05, 4.69) is 5.32 Å². The fraction of sp³-hybridized carbons (Fsp3) is 0.364. The number of benzene rings is 1. The minimum atomic E-state index is -0.902. The molecule has 1 unspecified atom stereocenters. The number of hydrogen-bond acceptors (Lipinski definition) is 5. The minimum Gasteiger partial charge on any atom is -0.480 e. The lowest BCUT2D eigenvalue weighted by molar-refractivity contribution is -0.384. The van der Waals surface area contributed by atoms with Crippen LogP contribution >= 0.6 is 22.6 Å². The van der Waals surface area contributed by atoms with Gasteiger partial charge in [-0.05, 0) is 28.7 Å². The molecule has 0 spiro atoms. The molecule has 1 fully saturated rings. The Morgan fingerprint density at radius 1 is 1.58 bits per heavy atom. The van der Waals surface area contributed by atoms with Crippen molar-refractivity contribution in [1.82, 2.24) is 5.32 Å². The molecule has 0 radical (unpaired) electrons. The van der Waals surface area contributed by atoms with E-state index in [1.54, 1.807) is 11.0 Å². The quantitative estimate of drug-likeness (QED) is 0.465. The Bertz CT molecular complexity index is 523. The van der Waals surface area contributed by atoms with Crippen LogP contribution in [0.15, 0.2) is 18.2 Å². The van der Waals surface area contributed by atoms with Gasteiger partial charge in [-0.15, -0.1) is 0 Å². The number of carbonyl (C=O) groups is 1. The first-order valence-electron chi connectivity index (χ1n) is 5.65. The zero-order chi connectivity index (χ0) is 14.0. The van der Waals surface area contributed by atoms with Gasteiger partial charge in [-0.3, -0.25) is 10.1 Å². The van der Waals surface area contributed by atoms with Crippen molar-refractivity contribution in [3.05, 3.63) is 31.9 Å². The van der Waals surface area contributed by atoms with Crippen LogP contribution in [0.4, 0.5) is 11.4 Å². The number of nitro benzene ring substituents is 1. The molecule has 0 amide bonds. The lowest BCUT2D eigenvalue weighted by Crippen LogP contribution is -2.55. The number of piperazine rings is 1. The average Bonchev–Trinajstić information content (AvgIpc) is 2.38. The molecule has 1 heterocycles. The van der Waals surface area contributed by atoms with Gasteiger partial charge in [-0.2, -0.15) is 0 Å². The van der Waals surface area contributed by atoms with Gasteiger partial charge in [0, 0.05) is 35.3 Å². The van der Waals surface area contributed by atoms with Crippen LogP contribution < -0.4 is 10.2 Å². The third-order valence-corrected chi connectivity index (χ3v) is 3.84. The highest BCUT2D eigenvalue weighted by molar-refractivity contribution is 14.1. The fourth-order valence-corrected chi connectivity index (χ4v) is 2.86. The largest absolute Gasteiger partial charge is 0.480 e. The van der Waals surface area contributed by atoms with Crippen molar-refractivity contribution in [1.29, 1.82) is 0 Å². The van der Waals surface area contributed by atoms with E-state index in [1.807, 2.05) is 22.6 Å². The summed E-state index contributed by atoms with van der Waals surface area (Å²) in [7, 11) is 0. The van der Waals surface area contributed by atoms with Gasteiger partial charge in [0.05, 0.1) is 10.6 Å². The van der Waals surface area contributed by atoms with Crippen LogP contribution in [-0.2, 0) is 4.79 Å². The molecule has 8 heteroatoms. The van der Waals surface area contributed by atoms with Crippen LogP contribution in [0.5, 0.6) is 0 Å². The lowest BCUT2D eigenvalue weighted by Gasteiger charge is -2.35. The Kier molecular flexibility index (Phi) is 4.20. The summed E-state index contributed by atoms with van der Waals surface area (Å²) >= 11 is 2.00. The molecular formula is C11H12IN3O4. The third-order valence-electron chi connectivity index (χ3n) is 2.98. The average molecular weight is 377 g/mol. The highest BCUT2D eigenvalue weighted by Crippen LogP contribution is 2.28. The number of nitro groups is 1. The first-order valence-corrected chi connectivity index (χ1v) is 6.72. The smallest absolute Gasteiger partial charge is 0.327 e. The minimum absolute atomic E-state index is 0.00941. The van der Waals surface area contributed by atoms with E-state index >= 15 is 0 Å². The summed E-state index contributed by atoms with van der Waals surface area (Å²) in [6.07, 6.45) is 0.